The van der Waals surface area contributed by atoms with Gasteiger partial charge in [-0.15, -0.1) is 0 Å². The number of rotatable bonds is 9. The Balaban J connectivity index is 2.46. The molecule has 1 aromatic heterocycles. The molecule has 6 nitrogen and oxygen atoms in total. The van der Waals surface area contributed by atoms with Crippen LogP contribution in [0.25, 0.3) is 6.08 Å². The molecule has 0 N–H and O–H groups in total. The number of nitrogens with zero attached hydrogens (tertiary/aromatic N) is 1. The van der Waals surface area contributed by atoms with Gasteiger partial charge in [-0.05, 0) is 32.1 Å². The third-order valence-corrected chi connectivity index (χ3v) is 2.46. The summed E-state index contributed by atoms with van der Waals surface area (Å²) < 4.78 is 20.3. The van der Waals surface area contributed by atoms with Gasteiger partial charge in [-0.2, -0.15) is 0 Å². The van der Waals surface area contributed by atoms with Crippen LogP contribution < -0.4 is 4.74 Å². The summed E-state index contributed by atoms with van der Waals surface area (Å²) in [5, 5.41) is 0. The van der Waals surface area contributed by atoms with Crippen LogP contribution in [0.3, 0.4) is 0 Å². The monoisotopic (exact) mass is 295 g/mol. The molecule has 0 aliphatic rings. The first-order valence-corrected chi connectivity index (χ1v) is 6.68. The fraction of sp³-hybridized carbons (Fsp3) is 0.467. The SMILES string of the molecule is CCOC(=O)C(C)=Cc1ccc(OCOCCOC)cn1. The predicted octanol–water partition coefficient (Wildman–Crippen LogP) is 2.05. The van der Waals surface area contributed by atoms with Gasteiger partial charge in [-0.1, -0.05) is 0 Å². The van der Waals surface area contributed by atoms with Crippen LogP contribution in [0.5, 0.6) is 5.75 Å². The lowest BCUT2D eigenvalue weighted by molar-refractivity contribution is -0.138. The van der Waals surface area contributed by atoms with Crippen LogP contribution in [0.4, 0.5) is 0 Å². The molecule has 6 heteroatoms. The van der Waals surface area contributed by atoms with Crippen LogP contribution in [-0.4, -0.2) is 44.7 Å². The van der Waals surface area contributed by atoms with Gasteiger partial charge in [-0.25, -0.2) is 4.79 Å². The molecule has 0 bridgehead atoms. The Bertz CT molecular complexity index is 456. The molecule has 1 heterocycles. The molecule has 0 saturated carbocycles. The Morgan fingerprint density at radius 2 is 2.14 bits per heavy atom. The van der Waals surface area contributed by atoms with E-state index < -0.39 is 0 Å². The summed E-state index contributed by atoms with van der Waals surface area (Å²) in [6.07, 6.45) is 3.24. The highest BCUT2D eigenvalue weighted by atomic mass is 16.7. The molecule has 0 radical (unpaired) electrons. The van der Waals surface area contributed by atoms with Crippen molar-refractivity contribution in [3.8, 4) is 5.75 Å². The van der Waals surface area contributed by atoms with E-state index in [0.29, 0.717) is 36.8 Å². The first kappa shape index (κ1) is 17.1. The van der Waals surface area contributed by atoms with Crippen LogP contribution in [0.1, 0.15) is 19.5 Å². The van der Waals surface area contributed by atoms with Crippen molar-refractivity contribution < 1.29 is 23.7 Å². The maximum atomic E-state index is 11.5. The fourth-order valence-electron chi connectivity index (χ4n) is 1.40. The normalized spacial score (nSPS) is 11.3. The van der Waals surface area contributed by atoms with Gasteiger partial charge in [0.1, 0.15) is 5.75 Å². The van der Waals surface area contributed by atoms with E-state index in [9.17, 15) is 4.79 Å². The predicted molar refractivity (Wildman–Crippen MR) is 77.8 cm³/mol. The van der Waals surface area contributed by atoms with E-state index in [1.54, 1.807) is 45.4 Å². The van der Waals surface area contributed by atoms with Crippen LogP contribution in [0.15, 0.2) is 23.9 Å². The Hall–Kier alpha value is -1.92. The largest absolute Gasteiger partial charge is 0.466 e. The lowest BCUT2D eigenvalue weighted by Gasteiger charge is -2.06. The van der Waals surface area contributed by atoms with Gasteiger partial charge in [0.05, 0.1) is 31.7 Å². The van der Waals surface area contributed by atoms with Crippen molar-refractivity contribution in [3.63, 3.8) is 0 Å². The van der Waals surface area contributed by atoms with Gasteiger partial charge in [0.15, 0.2) is 6.79 Å². The highest BCUT2D eigenvalue weighted by Gasteiger charge is 2.04. The standard InChI is InChI=1S/C15H21NO5/c1-4-20-15(17)12(2)9-13-5-6-14(10-16-13)21-11-19-8-7-18-3/h5-6,9-10H,4,7-8,11H2,1-3H3. The molecule has 1 aromatic rings. The highest BCUT2D eigenvalue weighted by molar-refractivity contribution is 5.92. The molecule has 0 aromatic carbocycles. The molecule has 0 atom stereocenters. The molecule has 21 heavy (non-hydrogen) atoms. The smallest absolute Gasteiger partial charge is 0.333 e. The Labute approximate surface area is 124 Å². The maximum absolute atomic E-state index is 11.5. The fourth-order valence-corrected chi connectivity index (χ4v) is 1.40. The van der Waals surface area contributed by atoms with E-state index in [2.05, 4.69) is 4.98 Å². The van der Waals surface area contributed by atoms with Crippen molar-refractivity contribution in [2.24, 2.45) is 0 Å². The summed E-state index contributed by atoms with van der Waals surface area (Å²) >= 11 is 0. The molecule has 0 saturated heterocycles. The molecule has 1 rings (SSSR count). The van der Waals surface area contributed by atoms with Gasteiger partial charge in [0.25, 0.3) is 0 Å². The summed E-state index contributed by atoms with van der Waals surface area (Å²) in [6.45, 7) is 4.95. The van der Waals surface area contributed by atoms with Gasteiger partial charge >= 0.3 is 5.97 Å². The molecule has 0 aliphatic heterocycles. The van der Waals surface area contributed by atoms with E-state index in [0.717, 1.165) is 0 Å². The zero-order valence-electron chi connectivity index (χ0n) is 12.6. The highest BCUT2D eigenvalue weighted by Crippen LogP contribution is 2.12. The molecule has 0 aliphatic carbocycles. The maximum Gasteiger partial charge on any atom is 0.333 e. The second-order valence-electron chi connectivity index (χ2n) is 4.13. The molecule has 0 unspecified atom stereocenters. The first-order valence-electron chi connectivity index (χ1n) is 6.68. The average Bonchev–Trinajstić information content (AvgIpc) is 2.49. The van der Waals surface area contributed by atoms with Gasteiger partial charge in [-0.3, -0.25) is 4.98 Å². The van der Waals surface area contributed by atoms with Gasteiger partial charge in [0, 0.05) is 12.7 Å². The number of esters is 1. The molecule has 0 spiro atoms. The average molecular weight is 295 g/mol. The minimum Gasteiger partial charge on any atom is -0.466 e. The number of hydrogen-bond donors (Lipinski definition) is 0. The first-order chi connectivity index (χ1) is 10.2. The summed E-state index contributed by atoms with van der Waals surface area (Å²) in [4.78, 5) is 15.7. The van der Waals surface area contributed by atoms with Crippen molar-refractivity contribution in [3.05, 3.63) is 29.6 Å². The minimum atomic E-state index is -0.342. The Morgan fingerprint density at radius 3 is 2.76 bits per heavy atom. The van der Waals surface area contributed by atoms with Gasteiger partial charge in [0.2, 0.25) is 0 Å². The van der Waals surface area contributed by atoms with Crippen molar-refractivity contribution in [1.82, 2.24) is 4.98 Å². The number of hydrogen-bond acceptors (Lipinski definition) is 6. The van der Waals surface area contributed by atoms with E-state index in [-0.39, 0.29) is 12.8 Å². The molecule has 0 amide bonds. The Kier molecular flexibility index (Phi) is 8.08. The van der Waals surface area contributed by atoms with Crippen LogP contribution in [0, 0.1) is 0 Å². The Morgan fingerprint density at radius 1 is 1.33 bits per heavy atom. The summed E-state index contributed by atoms with van der Waals surface area (Å²) in [6, 6.07) is 3.52. The van der Waals surface area contributed by atoms with Gasteiger partial charge < -0.3 is 18.9 Å². The van der Waals surface area contributed by atoms with Crippen molar-refractivity contribution in [2.45, 2.75) is 13.8 Å². The number of aromatic nitrogens is 1. The molecule has 0 fully saturated rings. The number of carbonyl (C=O) groups is 1. The number of pyridine rings is 1. The minimum absolute atomic E-state index is 0.141. The number of methoxy groups -OCH3 is 1. The van der Waals surface area contributed by atoms with E-state index in [1.165, 1.54) is 0 Å². The lowest BCUT2D eigenvalue weighted by Crippen LogP contribution is -2.08. The molecular weight excluding hydrogens is 274 g/mol. The van der Waals surface area contributed by atoms with Crippen LogP contribution >= 0.6 is 0 Å². The zero-order valence-corrected chi connectivity index (χ0v) is 12.6. The lowest BCUT2D eigenvalue weighted by atomic mass is 10.2. The summed E-state index contributed by atoms with van der Waals surface area (Å²) in [7, 11) is 1.61. The second kappa shape index (κ2) is 9.90. The van der Waals surface area contributed by atoms with Crippen molar-refractivity contribution in [1.29, 1.82) is 0 Å². The summed E-state index contributed by atoms with van der Waals surface area (Å²) in [5.41, 5.74) is 1.16. The van der Waals surface area contributed by atoms with Crippen molar-refractivity contribution >= 4 is 12.0 Å². The number of carbonyl (C=O) groups excluding carboxylic acids is 1. The van der Waals surface area contributed by atoms with Crippen molar-refractivity contribution in [2.75, 3.05) is 33.7 Å². The zero-order chi connectivity index (χ0) is 15.5. The third kappa shape index (κ3) is 6.87. The second-order valence-corrected chi connectivity index (χ2v) is 4.13. The topological polar surface area (TPSA) is 66.9 Å². The third-order valence-electron chi connectivity index (χ3n) is 2.46. The van der Waals surface area contributed by atoms with E-state index >= 15 is 0 Å². The molecule has 116 valence electrons. The van der Waals surface area contributed by atoms with Crippen LogP contribution in [-0.2, 0) is 19.0 Å². The summed E-state index contributed by atoms with van der Waals surface area (Å²) in [5.74, 6) is 0.254. The van der Waals surface area contributed by atoms with Crippen LogP contribution in [0.2, 0.25) is 0 Å². The van der Waals surface area contributed by atoms with E-state index in [4.69, 9.17) is 18.9 Å². The molecular formula is C15H21NO5. The van der Waals surface area contributed by atoms with E-state index in [1.807, 2.05) is 0 Å². The number of ether oxygens (including phenoxy) is 4. The quantitative estimate of drug-likeness (QED) is 0.301.